The van der Waals surface area contributed by atoms with E-state index >= 15 is 0 Å². The Balaban J connectivity index is 2.40. The van der Waals surface area contributed by atoms with Crippen LogP contribution in [0.5, 0.6) is 0 Å². The van der Waals surface area contributed by atoms with E-state index in [0.29, 0.717) is 29.0 Å². The Kier molecular flexibility index (Phi) is 5.47. The SMILES string of the molecule is Cc1sc(N)c(C(=O)OCC(C)C)c1-c1ccc(C(C)C)cc1. The molecule has 0 aliphatic rings. The Labute approximate surface area is 142 Å². The van der Waals surface area contributed by atoms with Gasteiger partial charge in [0.2, 0.25) is 0 Å². The van der Waals surface area contributed by atoms with Crippen molar-refractivity contribution in [2.45, 2.75) is 40.5 Å². The van der Waals surface area contributed by atoms with Crippen LogP contribution < -0.4 is 5.73 Å². The molecule has 4 heteroatoms. The summed E-state index contributed by atoms with van der Waals surface area (Å²) in [4.78, 5) is 13.5. The maximum atomic E-state index is 12.5. The number of rotatable bonds is 5. The normalized spacial score (nSPS) is 11.3. The van der Waals surface area contributed by atoms with Gasteiger partial charge in [-0.3, -0.25) is 0 Å². The van der Waals surface area contributed by atoms with Crippen molar-refractivity contribution in [1.82, 2.24) is 0 Å². The highest BCUT2D eigenvalue weighted by molar-refractivity contribution is 7.16. The number of nitrogen functional groups attached to an aromatic ring is 1. The minimum Gasteiger partial charge on any atom is -0.462 e. The van der Waals surface area contributed by atoms with Gasteiger partial charge in [-0.15, -0.1) is 11.3 Å². The summed E-state index contributed by atoms with van der Waals surface area (Å²) in [6.45, 7) is 10.8. The number of carbonyl (C=O) groups excluding carboxylic acids is 1. The highest BCUT2D eigenvalue weighted by atomic mass is 32.1. The number of esters is 1. The van der Waals surface area contributed by atoms with Crippen LogP contribution in [0.15, 0.2) is 24.3 Å². The van der Waals surface area contributed by atoms with Crippen molar-refractivity contribution in [3.63, 3.8) is 0 Å². The Morgan fingerprint density at radius 1 is 1.17 bits per heavy atom. The van der Waals surface area contributed by atoms with Gasteiger partial charge >= 0.3 is 5.97 Å². The topological polar surface area (TPSA) is 52.3 Å². The molecule has 0 atom stereocenters. The van der Waals surface area contributed by atoms with Gasteiger partial charge in [0.05, 0.1) is 6.61 Å². The third-order valence-corrected chi connectivity index (χ3v) is 4.66. The summed E-state index contributed by atoms with van der Waals surface area (Å²) in [5, 5.41) is 0.527. The van der Waals surface area contributed by atoms with E-state index in [1.54, 1.807) is 0 Å². The molecule has 3 nitrogen and oxygen atoms in total. The number of ether oxygens (including phenoxy) is 1. The van der Waals surface area contributed by atoms with E-state index in [-0.39, 0.29) is 5.97 Å². The van der Waals surface area contributed by atoms with E-state index < -0.39 is 0 Å². The summed E-state index contributed by atoms with van der Waals surface area (Å²) in [5.74, 6) is 0.449. The summed E-state index contributed by atoms with van der Waals surface area (Å²) in [5.41, 5.74) is 9.77. The average molecular weight is 331 g/mol. The fraction of sp³-hybridized carbons (Fsp3) is 0.421. The molecule has 0 radical (unpaired) electrons. The van der Waals surface area contributed by atoms with E-state index in [1.807, 2.05) is 20.8 Å². The van der Waals surface area contributed by atoms with Gasteiger partial charge in [0.25, 0.3) is 0 Å². The van der Waals surface area contributed by atoms with Gasteiger partial charge in [-0.2, -0.15) is 0 Å². The fourth-order valence-electron chi connectivity index (χ4n) is 2.47. The number of nitrogens with two attached hydrogens (primary N) is 1. The second-order valence-corrected chi connectivity index (χ2v) is 7.80. The second kappa shape index (κ2) is 7.18. The van der Waals surface area contributed by atoms with Crippen molar-refractivity contribution < 1.29 is 9.53 Å². The van der Waals surface area contributed by atoms with Crippen LogP contribution in [0.25, 0.3) is 11.1 Å². The number of hydrogen-bond donors (Lipinski definition) is 1. The lowest BCUT2D eigenvalue weighted by Gasteiger charge is -2.11. The van der Waals surface area contributed by atoms with E-state index in [4.69, 9.17) is 10.5 Å². The minimum absolute atomic E-state index is 0.300. The van der Waals surface area contributed by atoms with Crippen LogP contribution >= 0.6 is 11.3 Å². The standard InChI is InChI=1S/C19H25NO2S/c1-11(2)10-22-19(21)17-16(13(5)23-18(17)20)15-8-6-14(7-9-15)12(3)4/h6-9,11-12H,10,20H2,1-5H3. The van der Waals surface area contributed by atoms with Crippen molar-refractivity contribution in [1.29, 1.82) is 0 Å². The van der Waals surface area contributed by atoms with E-state index in [1.165, 1.54) is 16.9 Å². The van der Waals surface area contributed by atoms with Crippen LogP contribution in [0.4, 0.5) is 5.00 Å². The molecule has 0 saturated heterocycles. The zero-order chi connectivity index (χ0) is 17.1. The van der Waals surface area contributed by atoms with Crippen LogP contribution in [-0.2, 0) is 4.74 Å². The van der Waals surface area contributed by atoms with Gasteiger partial charge in [-0.1, -0.05) is 52.0 Å². The quantitative estimate of drug-likeness (QED) is 0.762. The number of hydrogen-bond acceptors (Lipinski definition) is 4. The zero-order valence-electron chi connectivity index (χ0n) is 14.5. The highest BCUT2D eigenvalue weighted by Gasteiger charge is 2.23. The molecular weight excluding hydrogens is 306 g/mol. The Bertz CT molecular complexity index is 684. The molecule has 1 aromatic heterocycles. The first-order chi connectivity index (χ1) is 10.8. The maximum absolute atomic E-state index is 12.5. The smallest absolute Gasteiger partial charge is 0.341 e. The average Bonchev–Trinajstić information content (AvgIpc) is 2.79. The van der Waals surface area contributed by atoms with Crippen molar-refractivity contribution in [3.05, 3.63) is 40.3 Å². The molecule has 2 rings (SSSR count). The summed E-state index contributed by atoms with van der Waals surface area (Å²) in [6.07, 6.45) is 0. The predicted octanol–water partition coefficient (Wildman–Crippen LogP) is 5.24. The molecule has 0 bridgehead atoms. The Morgan fingerprint density at radius 2 is 1.78 bits per heavy atom. The van der Waals surface area contributed by atoms with Crippen molar-refractivity contribution >= 4 is 22.3 Å². The minimum atomic E-state index is -0.330. The van der Waals surface area contributed by atoms with Gasteiger partial charge < -0.3 is 10.5 Å². The molecule has 0 spiro atoms. The first kappa shape index (κ1) is 17.5. The van der Waals surface area contributed by atoms with Crippen LogP contribution in [0.3, 0.4) is 0 Å². The molecule has 0 amide bonds. The lowest BCUT2D eigenvalue weighted by Crippen LogP contribution is -2.12. The maximum Gasteiger partial charge on any atom is 0.341 e. The summed E-state index contributed by atoms with van der Waals surface area (Å²) < 4.78 is 5.40. The highest BCUT2D eigenvalue weighted by Crippen LogP contribution is 2.39. The van der Waals surface area contributed by atoms with Gasteiger partial charge in [0.1, 0.15) is 10.6 Å². The van der Waals surface area contributed by atoms with Crippen molar-refractivity contribution in [2.75, 3.05) is 12.3 Å². The lowest BCUT2D eigenvalue weighted by molar-refractivity contribution is 0.0461. The van der Waals surface area contributed by atoms with Crippen LogP contribution in [-0.4, -0.2) is 12.6 Å². The third kappa shape index (κ3) is 3.94. The third-order valence-electron chi connectivity index (χ3n) is 3.73. The number of aryl methyl sites for hydroxylation is 1. The molecule has 1 aromatic carbocycles. The number of anilines is 1. The lowest BCUT2D eigenvalue weighted by atomic mass is 9.97. The van der Waals surface area contributed by atoms with Crippen molar-refractivity contribution in [2.24, 2.45) is 5.92 Å². The Morgan fingerprint density at radius 3 is 2.30 bits per heavy atom. The number of benzene rings is 1. The number of carbonyl (C=O) groups is 1. The molecule has 0 aliphatic heterocycles. The van der Waals surface area contributed by atoms with E-state index in [9.17, 15) is 4.79 Å². The molecule has 124 valence electrons. The molecule has 2 aromatic rings. The van der Waals surface area contributed by atoms with E-state index in [0.717, 1.165) is 16.0 Å². The second-order valence-electron chi connectivity index (χ2n) is 6.54. The first-order valence-corrected chi connectivity index (χ1v) is 8.79. The van der Waals surface area contributed by atoms with Crippen molar-refractivity contribution in [3.8, 4) is 11.1 Å². The molecule has 2 N–H and O–H groups in total. The van der Waals surface area contributed by atoms with Gasteiger partial charge in [0.15, 0.2) is 0 Å². The monoisotopic (exact) mass is 331 g/mol. The summed E-state index contributed by atoms with van der Waals surface area (Å²) in [7, 11) is 0. The summed E-state index contributed by atoms with van der Waals surface area (Å²) in [6, 6.07) is 8.33. The largest absolute Gasteiger partial charge is 0.462 e. The van der Waals surface area contributed by atoms with Crippen LogP contribution in [0, 0.1) is 12.8 Å². The van der Waals surface area contributed by atoms with Gasteiger partial charge in [-0.05, 0) is 29.9 Å². The fourth-order valence-corrected chi connectivity index (χ4v) is 3.40. The predicted molar refractivity (Wildman–Crippen MR) is 98.1 cm³/mol. The van der Waals surface area contributed by atoms with Crippen LogP contribution in [0.2, 0.25) is 0 Å². The molecule has 0 unspecified atom stereocenters. The molecular formula is C19H25NO2S. The molecule has 0 fully saturated rings. The molecule has 23 heavy (non-hydrogen) atoms. The van der Waals surface area contributed by atoms with Crippen LogP contribution in [0.1, 0.15) is 54.4 Å². The summed E-state index contributed by atoms with van der Waals surface area (Å²) >= 11 is 1.44. The first-order valence-electron chi connectivity index (χ1n) is 7.97. The Hall–Kier alpha value is -1.81. The molecule has 0 saturated carbocycles. The molecule has 0 aliphatic carbocycles. The molecule has 1 heterocycles. The number of thiophene rings is 1. The van der Waals surface area contributed by atoms with E-state index in [2.05, 4.69) is 38.1 Å². The van der Waals surface area contributed by atoms with Gasteiger partial charge in [0, 0.05) is 10.4 Å². The van der Waals surface area contributed by atoms with Gasteiger partial charge in [-0.25, -0.2) is 4.79 Å². The zero-order valence-corrected chi connectivity index (χ0v) is 15.3.